The summed E-state index contributed by atoms with van der Waals surface area (Å²) in [7, 11) is 1.70. The van der Waals surface area contributed by atoms with E-state index >= 15 is 0 Å². The SMILES string of the molecule is CN(Cc1ccc(O)cc1)C(=O)/C=C/c1ccc(F)cc1. The second-order valence-electron chi connectivity index (χ2n) is 4.75. The molecule has 0 aliphatic carbocycles. The van der Waals surface area contributed by atoms with Crippen LogP contribution in [0.1, 0.15) is 11.1 Å². The Morgan fingerprint density at radius 2 is 1.76 bits per heavy atom. The smallest absolute Gasteiger partial charge is 0.246 e. The van der Waals surface area contributed by atoms with E-state index < -0.39 is 0 Å². The van der Waals surface area contributed by atoms with Crippen molar-refractivity contribution in [3.05, 3.63) is 71.6 Å². The monoisotopic (exact) mass is 285 g/mol. The Labute approximate surface area is 123 Å². The van der Waals surface area contributed by atoms with Crippen LogP contribution in [0.3, 0.4) is 0 Å². The molecule has 0 saturated carbocycles. The standard InChI is InChI=1S/C17H16FNO2/c1-19(12-14-4-9-16(20)10-5-14)17(21)11-6-13-2-7-15(18)8-3-13/h2-11,20H,12H2,1H3/b11-6+. The third-order valence-corrected chi connectivity index (χ3v) is 3.02. The molecule has 2 aromatic carbocycles. The fraction of sp³-hybridized carbons (Fsp3) is 0.118. The first kappa shape index (κ1) is 14.8. The minimum absolute atomic E-state index is 0.146. The molecule has 1 N–H and O–H groups in total. The number of halogens is 1. The molecule has 0 aromatic heterocycles. The van der Waals surface area contributed by atoms with E-state index in [1.807, 2.05) is 0 Å². The number of carbonyl (C=O) groups excluding carboxylic acids is 1. The van der Waals surface area contributed by atoms with Gasteiger partial charge in [-0.1, -0.05) is 24.3 Å². The number of aromatic hydroxyl groups is 1. The first-order chi connectivity index (χ1) is 10.0. The molecule has 0 bridgehead atoms. The molecule has 0 fully saturated rings. The zero-order valence-corrected chi connectivity index (χ0v) is 11.7. The van der Waals surface area contributed by atoms with Crippen LogP contribution in [0, 0.1) is 5.82 Å². The lowest BCUT2D eigenvalue weighted by atomic mass is 10.2. The van der Waals surface area contributed by atoms with Gasteiger partial charge in [0.15, 0.2) is 0 Å². The highest BCUT2D eigenvalue weighted by Crippen LogP contribution is 2.11. The predicted octanol–water partition coefficient (Wildman–Crippen LogP) is 3.20. The van der Waals surface area contributed by atoms with Gasteiger partial charge in [0.2, 0.25) is 5.91 Å². The quantitative estimate of drug-likeness (QED) is 0.876. The molecule has 0 heterocycles. The molecule has 2 aromatic rings. The van der Waals surface area contributed by atoms with E-state index in [-0.39, 0.29) is 17.5 Å². The molecular weight excluding hydrogens is 269 g/mol. The Kier molecular flexibility index (Phi) is 4.72. The summed E-state index contributed by atoms with van der Waals surface area (Å²) in [6.45, 7) is 0.451. The van der Waals surface area contributed by atoms with Crippen LogP contribution in [-0.4, -0.2) is 23.0 Å². The minimum atomic E-state index is -0.303. The lowest BCUT2D eigenvalue weighted by Gasteiger charge is -2.15. The number of hydrogen-bond acceptors (Lipinski definition) is 2. The van der Waals surface area contributed by atoms with Crippen molar-refractivity contribution in [3.63, 3.8) is 0 Å². The molecular formula is C17H16FNO2. The summed E-state index contributed by atoms with van der Waals surface area (Å²) in [4.78, 5) is 13.5. The van der Waals surface area contributed by atoms with Crippen LogP contribution in [0.15, 0.2) is 54.6 Å². The fourth-order valence-electron chi connectivity index (χ4n) is 1.82. The molecule has 3 nitrogen and oxygen atoms in total. The second kappa shape index (κ2) is 6.70. The largest absolute Gasteiger partial charge is 0.508 e. The normalized spacial score (nSPS) is 10.8. The van der Waals surface area contributed by atoms with Crippen molar-refractivity contribution < 1.29 is 14.3 Å². The van der Waals surface area contributed by atoms with Crippen LogP contribution in [0.4, 0.5) is 4.39 Å². The van der Waals surface area contributed by atoms with Gasteiger partial charge in [0.1, 0.15) is 11.6 Å². The van der Waals surface area contributed by atoms with Gasteiger partial charge in [-0.05, 0) is 41.5 Å². The Balaban J connectivity index is 1.96. The van der Waals surface area contributed by atoms with Crippen molar-refractivity contribution in [3.8, 4) is 5.75 Å². The molecule has 1 amide bonds. The molecule has 21 heavy (non-hydrogen) atoms. The summed E-state index contributed by atoms with van der Waals surface area (Å²) in [5, 5.41) is 9.21. The van der Waals surface area contributed by atoms with Gasteiger partial charge in [0.25, 0.3) is 0 Å². The average Bonchev–Trinajstić information content (AvgIpc) is 2.48. The topological polar surface area (TPSA) is 40.5 Å². The summed E-state index contributed by atoms with van der Waals surface area (Å²) < 4.78 is 12.8. The highest BCUT2D eigenvalue weighted by Gasteiger charge is 2.05. The average molecular weight is 285 g/mol. The molecule has 0 spiro atoms. The van der Waals surface area contributed by atoms with Gasteiger partial charge in [-0.15, -0.1) is 0 Å². The van der Waals surface area contributed by atoms with Gasteiger partial charge in [-0.2, -0.15) is 0 Å². The number of likely N-dealkylation sites (N-methyl/N-ethyl adjacent to an activating group) is 1. The molecule has 0 unspecified atom stereocenters. The maximum Gasteiger partial charge on any atom is 0.246 e. The highest BCUT2D eigenvalue weighted by atomic mass is 19.1. The lowest BCUT2D eigenvalue weighted by Crippen LogP contribution is -2.24. The van der Waals surface area contributed by atoms with Crippen molar-refractivity contribution >= 4 is 12.0 Å². The molecule has 0 atom stereocenters. The number of hydrogen-bond donors (Lipinski definition) is 1. The number of phenolic OH excluding ortho intramolecular Hbond substituents is 1. The molecule has 0 aliphatic rings. The van der Waals surface area contributed by atoms with Gasteiger partial charge in [0, 0.05) is 19.7 Å². The summed E-state index contributed by atoms with van der Waals surface area (Å²) in [6.07, 6.45) is 3.10. The maximum atomic E-state index is 12.8. The van der Waals surface area contributed by atoms with E-state index in [2.05, 4.69) is 0 Å². The summed E-state index contributed by atoms with van der Waals surface area (Å²) in [5.41, 5.74) is 1.70. The van der Waals surface area contributed by atoms with E-state index in [1.165, 1.54) is 18.2 Å². The number of benzene rings is 2. The van der Waals surface area contributed by atoms with Crippen LogP contribution in [0.25, 0.3) is 6.08 Å². The molecule has 0 aliphatic heterocycles. The van der Waals surface area contributed by atoms with Crippen LogP contribution in [-0.2, 0) is 11.3 Å². The Bertz CT molecular complexity index is 633. The molecule has 108 valence electrons. The van der Waals surface area contributed by atoms with Crippen LogP contribution in [0.5, 0.6) is 5.75 Å². The number of amides is 1. The van der Waals surface area contributed by atoms with Crippen molar-refractivity contribution in [1.29, 1.82) is 0 Å². The maximum absolute atomic E-state index is 12.8. The molecule has 4 heteroatoms. The predicted molar refractivity (Wildman–Crippen MR) is 80.0 cm³/mol. The Hall–Kier alpha value is -2.62. The molecule has 0 radical (unpaired) electrons. The first-order valence-corrected chi connectivity index (χ1v) is 6.51. The lowest BCUT2D eigenvalue weighted by molar-refractivity contribution is -0.125. The zero-order valence-electron chi connectivity index (χ0n) is 11.7. The first-order valence-electron chi connectivity index (χ1n) is 6.51. The summed E-state index contributed by atoms with van der Waals surface area (Å²) in [5.74, 6) is -0.251. The zero-order chi connectivity index (χ0) is 15.2. The number of phenols is 1. The van der Waals surface area contributed by atoms with Crippen LogP contribution >= 0.6 is 0 Å². The molecule has 2 rings (SSSR count). The highest BCUT2D eigenvalue weighted by molar-refractivity contribution is 5.91. The minimum Gasteiger partial charge on any atom is -0.508 e. The summed E-state index contributed by atoms with van der Waals surface area (Å²) in [6, 6.07) is 12.6. The third kappa shape index (κ3) is 4.45. The summed E-state index contributed by atoms with van der Waals surface area (Å²) >= 11 is 0. The molecule has 0 saturated heterocycles. The van der Waals surface area contributed by atoms with E-state index in [0.29, 0.717) is 6.54 Å². The second-order valence-corrected chi connectivity index (χ2v) is 4.75. The number of nitrogens with zero attached hydrogens (tertiary/aromatic N) is 1. The van der Waals surface area contributed by atoms with Gasteiger partial charge in [0.05, 0.1) is 0 Å². The van der Waals surface area contributed by atoms with E-state index in [1.54, 1.807) is 54.4 Å². The van der Waals surface area contributed by atoms with E-state index in [0.717, 1.165) is 11.1 Å². The number of carbonyl (C=O) groups is 1. The van der Waals surface area contributed by atoms with Crippen molar-refractivity contribution in [1.82, 2.24) is 4.90 Å². The van der Waals surface area contributed by atoms with Gasteiger partial charge in [-0.3, -0.25) is 4.79 Å². The van der Waals surface area contributed by atoms with Gasteiger partial charge < -0.3 is 10.0 Å². The van der Waals surface area contributed by atoms with Crippen molar-refractivity contribution in [2.24, 2.45) is 0 Å². The van der Waals surface area contributed by atoms with Gasteiger partial charge in [-0.25, -0.2) is 4.39 Å². The van der Waals surface area contributed by atoms with Gasteiger partial charge >= 0.3 is 0 Å². The van der Waals surface area contributed by atoms with Crippen LogP contribution in [0.2, 0.25) is 0 Å². The Morgan fingerprint density at radius 3 is 2.38 bits per heavy atom. The van der Waals surface area contributed by atoms with Crippen molar-refractivity contribution in [2.75, 3.05) is 7.05 Å². The Morgan fingerprint density at radius 1 is 1.14 bits per heavy atom. The van der Waals surface area contributed by atoms with Crippen molar-refractivity contribution in [2.45, 2.75) is 6.54 Å². The fourth-order valence-corrected chi connectivity index (χ4v) is 1.82. The van der Waals surface area contributed by atoms with Crippen LogP contribution < -0.4 is 0 Å². The van der Waals surface area contributed by atoms with E-state index in [4.69, 9.17) is 0 Å². The number of rotatable bonds is 4. The third-order valence-electron chi connectivity index (χ3n) is 3.02. The van der Waals surface area contributed by atoms with E-state index in [9.17, 15) is 14.3 Å².